The molecule has 0 aliphatic heterocycles. The van der Waals surface area contributed by atoms with Crippen LogP contribution in [0.4, 0.5) is 4.39 Å². The third kappa shape index (κ3) is 0.867. The molecule has 0 spiro atoms. The average Bonchev–Trinajstić information content (AvgIpc) is 2.27. The Balaban J connectivity index is 2.74. The molecule has 0 aromatic heterocycles. The summed E-state index contributed by atoms with van der Waals surface area (Å²) in [4.78, 5) is 0. The van der Waals surface area contributed by atoms with E-state index >= 15 is 0 Å². The van der Waals surface area contributed by atoms with Crippen molar-refractivity contribution in [3.8, 4) is 0 Å². The summed E-state index contributed by atoms with van der Waals surface area (Å²) in [6.45, 7) is 6.57. The van der Waals surface area contributed by atoms with Crippen LogP contribution in [0.1, 0.15) is 25.0 Å². The van der Waals surface area contributed by atoms with Crippen molar-refractivity contribution in [1.29, 1.82) is 0 Å². The Bertz CT molecular complexity index is 405. The molecule has 2 atom stereocenters. The van der Waals surface area contributed by atoms with E-state index in [0.29, 0.717) is 11.1 Å². The molecular formula is C12H13FO. The van der Waals surface area contributed by atoms with Crippen LogP contribution in [0, 0.1) is 0 Å². The van der Waals surface area contributed by atoms with Gasteiger partial charge in [0, 0.05) is 0 Å². The van der Waals surface area contributed by atoms with Gasteiger partial charge in [0.25, 0.3) is 0 Å². The maximum absolute atomic E-state index is 14.2. The number of alkyl halides is 1. The molecule has 74 valence electrons. The van der Waals surface area contributed by atoms with Gasteiger partial charge in [-0.25, -0.2) is 4.39 Å². The number of benzene rings is 1. The maximum atomic E-state index is 14.2. The van der Waals surface area contributed by atoms with Gasteiger partial charge in [-0.15, -0.1) is 0 Å². The number of rotatable bonds is 0. The van der Waals surface area contributed by atoms with Crippen molar-refractivity contribution in [3.63, 3.8) is 0 Å². The van der Waals surface area contributed by atoms with Crippen molar-refractivity contribution in [3.05, 3.63) is 42.0 Å². The van der Waals surface area contributed by atoms with Gasteiger partial charge in [-0.2, -0.15) is 0 Å². The van der Waals surface area contributed by atoms with E-state index in [1.54, 1.807) is 18.2 Å². The maximum Gasteiger partial charge on any atom is 0.165 e. The minimum atomic E-state index is -1.78. The fourth-order valence-corrected chi connectivity index (χ4v) is 1.97. The topological polar surface area (TPSA) is 20.2 Å². The third-order valence-corrected chi connectivity index (χ3v) is 3.26. The van der Waals surface area contributed by atoms with Gasteiger partial charge >= 0.3 is 0 Å². The lowest BCUT2D eigenvalue weighted by Gasteiger charge is -2.30. The highest BCUT2D eigenvalue weighted by Gasteiger charge is 2.54. The minimum absolute atomic E-state index is 0.359. The van der Waals surface area contributed by atoms with Crippen LogP contribution in [0.3, 0.4) is 0 Å². The summed E-state index contributed by atoms with van der Waals surface area (Å²) in [6, 6.07) is 7.14. The molecule has 0 heterocycles. The first-order chi connectivity index (χ1) is 6.39. The number of halogens is 1. The second-order valence-electron chi connectivity index (χ2n) is 4.10. The highest BCUT2D eigenvalue weighted by atomic mass is 19.1. The van der Waals surface area contributed by atoms with Crippen molar-refractivity contribution >= 4 is 5.57 Å². The van der Waals surface area contributed by atoms with Crippen molar-refractivity contribution in [1.82, 2.24) is 0 Å². The van der Waals surface area contributed by atoms with Gasteiger partial charge in [0.05, 0.1) is 0 Å². The van der Waals surface area contributed by atoms with Crippen LogP contribution >= 0.6 is 0 Å². The van der Waals surface area contributed by atoms with Crippen LogP contribution in [0.15, 0.2) is 30.8 Å². The van der Waals surface area contributed by atoms with Crippen LogP contribution in [-0.4, -0.2) is 10.8 Å². The summed E-state index contributed by atoms with van der Waals surface area (Å²) in [6.07, 6.45) is 0. The SMILES string of the molecule is C=C1c2ccccc2C(C)(O)C1(C)F. The van der Waals surface area contributed by atoms with Crippen molar-refractivity contribution in [2.45, 2.75) is 25.1 Å². The lowest BCUT2D eigenvalue weighted by molar-refractivity contribution is -0.0453. The molecule has 0 radical (unpaired) electrons. The van der Waals surface area contributed by atoms with E-state index in [-0.39, 0.29) is 0 Å². The molecule has 14 heavy (non-hydrogen) atoms. The van der Waals surface area contributed by atoms with E-state index in [1.165, 1.54) is 13.8 Å². The molecule has 0 fully saturated rings. The second kappa shape index (κ2) is 2.45. The van der Waals surface area contributed by atoms with E-state index in [2.05, 4.69) is 6.58 Å². The largest absolute Gasteiger partial charge is 0.382 e. The molecule has 2 rings (SSSR count). The van der Waals surface area contributed by atoms with Crippen LogP contribution in [0.2, 0.25) is 0 Å². The smallest absolute Gasteiger partial charge is 0.165 e. The number of aliphatic hydroxyl groups is 1. The predicted molar refractivity (Wildman–Crippen MR) is 54.6 cm³/mol. The zero-order valence-corrected chi connectivity index (χ0v) is 8.34. The quantitative estimate of drug-likeness (QED) is 0.670. The predicted octanol–water partition coefficient (Wildman–Crippen LogP) is 2.65. The monoisotopic (exact) mass is 192 g/mol. The fraction of sp³-hybridized carbons (Fsp3) is 0.333. The Labute approximate surface area is 82.9 Å². The number of hydrogen-bond acceptors (Lipinski definition) is 1. The van der Waals surface area contributed by atoms with E-state index in [1.807, 2.05) is 6.07 Å². The molecule has 0 bridgehead atoms. The van der Waals surface area contributed by atoms with Gasteiger partial charge in [0.15, 0.2) is 5.67 Å². The first kappa shape index (κ1) is 9.41. The van der Waals surface area contributed by atoms with Crippen molar-refractivity contribution in [2.24, 2.45) is 0 Å². The molecule has 0 amide bonds. The van der Waals surface area contributed by atoms with E-state index < -0.39 is 11.3 Å². The lowest BCUT2D eigenvalue weighted by atomic mass is 9.87. The molecule has 1 aromatic rings. The third-order valence-electron chi connectivity index (χ3n) is 3.26. The molecule has 1 aliphatic carbocycles. The Hall–Kier alpha value is -1.15. The average molecular weight is 192 g/mol. The van der Waals surface area contributed by atoms with Gasteiger partial charge in [0.1, 0.15) is 5.60 Å². The van der Waals surface area contributed by atoms with E-state index in [0.717, 1.165) is 5.56 Å². The Morgan fingerprint density at radius 3 is 2.43 bits per heavy atom. The first-order valence-corrected chi connectivity index (χ1v) is 4.59. The molecule has 0 saturated heterocycles. The Kier molecular flexibility index (Phi) is 1.65. The summed E-state index contributed by atoms with van der Waals surface area (Å²) < 4.78 is 14.2. The lowest BCUT2D eigenvalue weighted by Crippen LogP contribution is -2.39. The van der Waals surface area contributed by atoms with Crippen LogP contribution in [0.25, 0.3) is 5.57 Å². The van der Waals surface area contributed by atoms with Gasteiger partial charge in [0.2, 0.25) is 0 Å². The summed E-state index contributed by atoms with van der Waals surface area (Å²) in [5.41, 5.74) is -1.55. The van der Waals surface area contributed by atoms with E-state index in [9.17, 15) is 9.50 Å². The fourth-order valence-electron chi connectivity index (χ4n) is 1.97. The van der Waals surface area contributed by atoms with E-state index in [4.69, 9.17) is 0 Å². The molecule has 1 aliphatic rings. The Morgan fingerprint density at radius 1 is 1.29 bits per heavy atom. The summed E-state index contributed by atoms with van der Waals surface area (Å²) in [5, 5.41) is 10.1. The molecule has 0 saturated carbocycles. The molecule has 2 unspecified atom stereocenters. The molecule has 1 nitrogen and oxygen atoms in total. The van der Waals surface area contributed by atoms with Crippen LogP contribution in [0.5, 0.6) is 0 Å². The van der Waals surface area contributed by atoms with Crippen molar-refractivity contribution in [2.75, 3.05) is 0 Å². The summed E-state index contributed by atoms with van der Waals surface area (Å²) >= 11 is 0. The zero-order chi connectivity index (χ0) is 10.6. The molecule has 2 heteroatoms. The second-order valence-corrected chi connectivity index (χ2v) is 4.10. The summed E-state index contributed by atoms with van der Waals surface area (Å²) in [7, 11) is 0. The normalized spacial score (nSPS) is 35.9. The molecular weight excluding hydrogens is 179 g/mol. The minimum Gasteiger partial charge on any atom is -0.382 e. The molecule has 1 N–H and O–H groups in total. The molecule has 1 aromatic carbocycles. The van der Waals surface area contributed by atoms with Gasteiger partial charge in [-0.3, -0.25) is 0 Å². The highest BCUT2D eigenvalue weighted by Crippen LogP contribution is 2.52. The van der Waals surface area contributed by atoms with Crippen LogP contribution < -0.4 is 0 Å². The standard InChI is InChI=1S/C12H13FO/c1-8-9-6-4-5-7-10(9)12(3,14)11(8,2)13/h4-7,14H,1H2,2-3H3. The van der Waals surface area contributed by atoms with Gasteiger partial charge in [-0.1, -0.05) is 30.8 Å². The zero-order valence-electron chi connectivity index (χ0n) is 8.34. The summed E-state index contributed by atoms with van der Waals surface area (Å²) in [5.74, 6) is 0. The number of hydrogen-bond donors (Lipinski definition) is 1. The van der Waals surface area contributed by atoms with Crippen LogP contribution in [-0.2, 0) is 5.60 Å². The highest BCUT2D eigenvalue weighted by molar-refractivity contribution is 5.80. The Morgan fingerprint density at radius 2 is 1.86 bits per heavy atom. The number of fused-ring (bicyclic) bond motifs is 1. The first-order valence-electron chi connectivity index (χ1n) is 4.59. The van der Waals surface area contributed by atoms with Gasteiger partial charge in [-0.05, 0) is 30.5 Å². The van der Waals surface area contributed by atoms with Gasteiger partial charge < -0.3 is 5.11 Å². The van der Waals surface area contributed by atoms with Crippen molar-refractivity contribution < 1.29 is 9.50 Å².